The molecule has 0 spiro atoms. The molecule has 9 heteroatoms. The van der Waals surface area contributed by atoms with E-state index in [1.54, 1.807) is 29.2 Å². The molecule has 0 heterocycles. The minimum atomic E-state index is -1.10. The average molecular weight is 608 g/mol. The van der Waals surface area contributed by atoms with Crippen molar-refractivity contribution in [2.24, 2.45) is 5.92 Å². The number of hydrogen-bond donors (Lipinski definition) is 3. The number of hydrogen-bond acceptors (Lipinski definition) is 5. The van der Waals surface area contributed by atoms with Crippen molar-refractivity contribution in [3.05, 3.63) is 75.1 Å². The number of benzene rings is 2. The molecule has 7 nitrogen and oxygen atoms in total. The number of carbonyl (C=O) groups is 2. The molecule has 0 aromatic heterocycles. The van der Waals surface area contributed by atoms with Gasteiger partial charge < -0.3 is 25.2 Å². The lowest BCUT2D eigenvalue weighted by atomic mass is 9.82. The fourth-order valence-electron chi connectivity index (χ4n) is 4.50. The van der Waals surface area contributed by atoms with E-state index in [-0.39, 0.29) is 49.7 Å². The fourth-order valence-corrected chi connectivity index (χ4v) is 5.02. The zero-order chi connectivity index (χ0) is 25.7. The van der Waals surface area contributed by atoms with E-state index in [1.807, 2.05) is 18.2 Å². The molecule has 1 saturated carbocycles. The Morgan fingerprint density at radius 3 is 2.50 bits per heavy atom. The van der Waals surface area contributed by atoms with E-state index in [4.69, 9.17) is 9.84 Å². The number of rotatable bonds is 9. The minimum Gasteiger partial charge on any atom is -0.482 e. The zero-order valence-electron chi connectivity index (χ0n) is 19.8. The normalized spacial score (nSPS) is 21.8. The third-order valence-corrected chi connectivity index (χ3v) is 7.61. The van der Waals surface area contributed by atoms with Crippen LogP contribution in [0.4, 0.5) is 4.39 Å². The second-order valence-corrected chi connectivity index (χ2v) is 10.3. The number of aliphatic hydroxyl groups is 2. The Morgan fingerprint density at radius 2 is 1.86 bits per heavy atom. The lowest BCUT2D eigenvalue weighted by Gasteiger charge is -2.43. The molecule has 0 radical (unpaired) electrons. The molecule has 4 rings (SSSR count). The van der Waals surface area contributed by atoms with Crippen LogP contribution in [0.25, 0.3) is 0 Å². The Hall–Kier alpha value is -2.50. The van der Waals surface area contributed by atoms with E-state index in [0.717, 1.165) is 28.4 Å². The summed E-state index contributed by atoms with van der Waals surface area (Å²) in [5.41, 5.74) is 1.10. The van der Waals surface area contributed by atoms with Crippen LogP contribution in [-0.2, 0) is 16.1 Å². The maximum absolute atomic E-state index is 13.6. The predicted molar refractivity (Wildman–Crippen MR) is 140 cm³/mol. The largest absolute Gasteiger partial charge is 0.482 e. The maximum atomic E-state index is 13.6. The van der Waals surface area contributed by atoms with Gasteiger partial charge in [-0.3, -0.25) is 9.59 Å². The number of aliphatic hydroxyl groups excluding tert-OH is 2. The van der Waals surface area contributed by atoms with Crippen molar-refractivity contribution in [1.82, 2.24) is 10.2 Å². The summed E-state index contributed by atoms with van der Waals surface area (Å²) in [4.78, 5) is 28.1. The predicted octanol–water partition coefficient (Wildman–Crippen LogP) is 3.17. The first kappa shape index (κ1) is 26.6. The maximum Gasteiger partial charge on any atom is 0.247 e. The van der Waals surface area contributed by atoms with Gasteiger partial charge in [0.25, 0.3) is 0 Å². The van der Waals surface area contributed by atoms with E-state index in [2.05, 4.69) is 27.9 Å². The van der Waals surface area contributed by atoms with Crippen molar-refractivity contribution in [3.63, 3.8) is 0 Å². The van der Waals surface area contributed by atoms with Crippen molar-refractivity contribution < 1.29 is 28.9 Å². The van der Waals surface area contributed by atoms with E-state index in [1.165, 1.54) is 12.1 Å². The lowest BCUT2D eigenvalue weighted by Crippen LogP contribution is -2.56. The molecule has 3 N–H and O–H groups in total. The van der Waals surface area contributed by atoms with Crippen LogP contribution in [0.5, 0.6) is 5.75 Å². The molecule has 1 fully saturated rings. The first-order valence-electron chi connectivity index (χ1n) is 12.1. The third-order valence-electron chi connectivity index (χ3n) is 6.72. The molecule has 0 unspecified atom stereocenters. The molecule has 2 aromatic carbocycles. The van der Waals surface area contributed by atoms with Gasteiger partial charge in [0.05, 0.1) is 16.2 Å². The molecule has 0 saturated heterocycles. The Labute approximate surface area is 223 Å². The number of para-hydroxylation sites is 1. The van der Waals surface area contributed by atoms with Crippen LogP contribution in [0.2, 0.25) is 0 Å². The van der Waals surface area contributed by atoms with Crippen LogP contribution in [-0.4, -0.2) is 58.3 Å². The van der Waals surface area contributed by atoms with Gasteiger partial charge in [-0.1, -0.05) is 30.7 Å². The smallest absolute Gasteiger partial charge is 0.247 e. The quantitative estimate of drug-likeness (QED) is 0.380. The highest BCUT2D eigenvalue weighted by Crippen LogP contribution is 2.34. The van der Waals surface area contributed by atoms with Gasteiger partial charge in [0.1, 0.15) is 23.8 Å². The monoisotopic (exact) mass is 608 g/mol. The van der Waals surface area contributed by atoms with Crippen molar-refractivity contribution in [1.29, 1.82) is 0 Å². The summed E-state index contributed by atoms with van der Waals surface area (Å²) in [5, 5.41) is 23.3. The van der Waals surface area contributed by atoms with Gasteiger partial charge in [0.2, 0.25) is 11.8 Å². The summed E-state index contributed by atoms with van der Waals surface area (Å²) < 4.78 is 20.5. The van der Waals surface area contributed by atoms with Crippen LogP contribution in [0.3, 0.4) is 0 Å². The second kappa shape index (κ2) is 12.2. The van der Waals surface area contributed by atoms with Gasteiger partial charge >= 0.3 is 0 Å². The van der Waals surface area contributed by atoms with Crippen molar-refractivity contribution in [2.75, 3.05) is 13.2 Å². The molecule has 2 aromatic rings. The average Bonchev–Trinajstić information content (AvgIpc) is 2.83. The first-order chi connectivity index (χ1) is 17.4. The van der Waals surface area contributed by atoms with Gasteiger partial charge in [-0.25, -0.2) is 4.39 Å². The van der Waals surface area contributed by atoms with Gasteiger partial charge in [0, 0.05) is 31.0 Å². The Morgan fingerprint density at radius 1 is 1.14 bits per heavy atom. The molecular weight excluding hydrogens is 578 g/mol. The standard InChI is InChI=1S/C27H30FIN2O5/c28-20-10-8-17(9-11-20)16-31(27(35)18-4-3-5-18)22-14-19(26(34)30-12-13-32)15-24(25(22)33)36-23-7-2-1-6-21(23)29/h1-2,6-11,15,18,22,24-25,32-33H,3-5,12-14,16H2,(H,30,34)/t22-,24+,25+/m1/s1. The molecule has 2 aliphatic rings. The van der Waals surface area contributed by atoms with Crippen molar-refractivity contribution >= 4 is 34.4 Å². The highest BCUT2D eigenvalue weighted by molar-refractivity contribution is 14.1. The van der Waals surface area contributed by atoms with Crippen LogP contribution in [0.15, 0.2) is 60.2 Å². The Balaban J connectivity index is 1.67. The van der Waals surface area contributed by atoms with Gasteiger partial charge in [-0.05, 0) is 71.3 Å². The Kier molecular flexibility index (Phi) is 8.97. The first-order valence-corrected chi connectivity index (χ1v) is 13.2. The third kappa shape index (κ3) is 6.24. The van der Waals surface area contributed by atoms with Crippen LogP contribution in [0, 0.1) is 15.3 Å². The highest BCUT2D eigenvalue weighted by atomic mass is 127. The number of ether oxygens (including phenoxy) is 1. The van der Waals surface area contributed by atoms with Crippen LogP contribution < -0.4 is 10.1 Å². The lowest BCUT2D eigenvalue weighted by molar-refractivity contribution is -0.146. The summed E-state index contributed by atoms with van der Waals surface area (Å²) >= 11 is 2.14. The summed E-state index contributed by atoms with van der Waals surface area (Å²) in [6.45, 7) is 0.0638. The number of halogens is 2. The minimum absolute atomic E-state index is 0.0836. The van der Waals surface area contributed by atoms with Gasteiger partial charge in [-0.2, -0.15) is 0 Å². The molecule has 36 heavy (non-hydrogen) atoms. The summed E-state index contributed by atoms with van der Waals surface area (Å²) in [5.74, 6) is -0.408. The van der Waals surface area contributed by atoms with E-state index < -0.39 is 18.2 Å². The van der Waals surface area contributed by atoms with Crippen molar-refractivity contribution in [2.45, 2.75) is 50.5 Å². The summed E-state index contributed by atoms with van der Waals surface area (Å²) in [6.07, 6.45) is 2.29. The van der Waals surface area contributed by atoms with Gasteiger partial charge in [-0.15, -0.1) is 0 Å². The molecular formula is C27H30FIN2O5. The van der Waals surface area contributed by atoms with Crippen molar-refractivity contribution in [3.8, 4) is 5.75 Å². The summed E-state index contributed by atoms with van der Waals surface area (Å²) in [6, 6.07) is 12.6. The molecule has 2 amide bonds. The Bertz CT molecular complexity index is 1110. The van der Waals surface area contributed by atoms with E-state index in [9.17, 15) is 19.1 Å². The summed E-state index contributed by atoms with van der Waals surface area (Å²) in [7, 11) is 0. The molecule has 3 atom stereocenters. The number of nitrogens with zero attached hydrogens (tertiary/aromatic N) is 1. The highest BCUT2D eigenvalue weighted by Gasteiger charge is 2.42. The molecule has 0 bridgehead atoms. The van der Waals surface area contributed by atoms with Crippen LogP contribution in [0.1, 0.15) is 31.2 Å². The number of amides is 2. The SMILES string of the molecule is O=C(NCCO)C1=C[C@H](Oc2ccccc2I)[C@@H](O)[C@H](N(Cc2ccc(F)cc2)C(=O)C2CCC2)C1. The molecule has 2 aliphatic carbocycles. The second-order valence-electron chi connectivity index (χ2n) is 9.17. The van der Waals surface area contributed by atoms with E-state index in [0.29, 0.717) is 11.3 Å². The number of carbonyl (C=O) groups excluding carboxylic acids is 2. The van der Waals surface area contributed by atoms with Gasteiger partial charge in [0.15, 0.2) is 0 Å². The van der Waals surface area contributed by atoms with E-state index >= 15 is 0 Å². The zero-order valence-corrected chi connectivity index (χ0v) is 21.9. The topological polar surface area (TPSA) is 99.1 Å². The fraction of sp³-hybridized carbons (Fsp3) is 0.407. The number of nitrogens with one attached hydrogen (secondary N) is 1. The molecule has 0 aliphatic heterocycles. The van der Waals surface area contributed by atoms with Crippen LogP contribution >= 0.6 is 22.6 Å². The molecule has 192 valence electrons.